The van der Waals surface area contributed by atoms with Gasteiger partial charge >= 0.3 is 7.60 Å². The third-order valence-corrected chi connectivity index (χ3v) is 7.32. The summed E-state index contributed by atoms with van der Waals surface area (Å²) in [4.78, 5) is 0. The van der Waals surface area contributed by atoms with Crippen LogP contribution in [0.4, 0.5) is 0 Å². The van der Waals surface area contributed by atoms with Crippen LogP contribution in [0.1, 0.15) is 86.5 Å². The highest BCUT2D eigenvalue weighted by Crippen LogP contribution is 2.52. The van der Waals surface area contributed by atoms with Crippen molar-refractivity contribution in [2.75, 3.05) is 14.2 Å². The minimum Gasteiger partial charge on any atom is -0.312 e. The maximum atomic E-state index is 12.3. The third-order valence-electron chi connectivity index (χ3n) is 5.01. The second-order valence-corrected chi connectivity index (χ2v) is 10.7. The van der Waals surface area contributed by atoms with E-state index in [4.69, 9.17) is 9.05 Å². The van der Waals surface area contributed by atoms with Crippen LogP contribution in [0.2, 0.25) is 0 Å². The molecule has 0 aliphatic carbocycles. The van der Waals surface area contributed by atoms with Crippen LogP contribution >= 0.6 is 7.60 Å². The van der Waals surface area contributed by atoms with Gasteiger partial charge in [-0.05, 0) is 79.6 Å². The number of rotatable bonds is 14. The molecule has 0 aliphatic heterocycles. The molecule has 0 fully saturated rings. The second kappa shape index (κ2) is 15.0. The highest BCUT2D eigenvalue weighted by molar-refractivity contribution is 7.54. The topological polar surface area (TPSA) is 35.5 Å². The van der Waals surface area contributed by atoms with E-state index in [1.165, 1.54) is 36.5 Å². The Labute approximate surface area is 174 Å². The molecule has 0 rings (SSSR count). The Kier molecular flexibility index (Phi) is 14.5. The van der Waals surface area contributed by atoms with E-state index < -0.39 is 7.60 Å². The highest BCUT2D eigenvalue weighted by Gasteiger charge is 2.28. The van der Waals surface area contributed by atoms with Gasteiger partial charge in [0, 0.05) is 14.2 Å². The first-order chi connectivity index (χ1) is 13.1. The third kappa shape index (κ3) is 12.5. The fourth-order valence-corrected chi connectivity index (χ4v) is 4.15. The molecule has 0 amide bonds. The average Bonchev–Trinajstić information content (AvgIpc) is 2.65. The number of allylic oxidation sites excluding steroid dienone is 8. The number of hydrogen-bond donors (Lipinski definition) is 0. The standard InChI is InChI=1S/C24H43O3P/c1-20(2)12-9-13-21(3)14-10-15-22(4)16-11-17-23(5)18-19-24(6)28(25,26-7)27-8/h12,14,16,18,24H,9-11,13,15,17,19H2,1-8H3/b21-14+,22-16+,23-18+. The molecule has 0 heterocycles. The molecule has 1 unspecified atom stereocenters. The van der Waals surface area contributed by atoms with Gasteiger partial charge in [-0.15, -0.1) is 0 Å². The smallest absolute Gasteiger partial charge is 0.312 e. The van der Waals surface area contributed by atoms with Crippen LogP contribution in [-0.4, -0.2) is 19.9 Å². The van der Waals surface area contributed by atoms with Gasteiger partial charge in [-0.2, -0.15) is 0 Å². The van der Waals surface area contributed by atoms with Crippen molar-refractivity contribution in [3.63, 3.8) is 0 Å². The summed E-state index contributed by atoms with van der Waals surface area (Å²) in [6.07, 6.45) is 16.6. The monoisotopic (exact) mass is 410 g/mol. The zero-order valence-electron chi connectivity index (χ0n) is 19.5. The van der Waals surface area contributed by atoms with E-state index >= 15 is 0 Å². The Morgan fingerprint density at radius 1 is 0.750 bits per heavy atom. The molecule has 3 nitrogen and oxygen atoms in total. The van der Waals surface area contributed by atoms with Crippen LogP contribution in [-0.2, 0) is 13.6 Å². The van der Waals surface area contributed by atoms with Crippen molar-refractivity contribution in [1.29, 1.82) is 0 Å². The van der Waals surface area contributed by atoms with Crippen LogP contribution in [0.3, 0.4) is 0 Å². The Morgan fingerprint density at radius 2 is 1.14 bits per heavy atom. The predicted molar refractivity (Wildman–Crippen MR) is 124 cm³/mol. The lowest BCUT2D eigenvalue weighted by atomic mass is 10.0. The van der Waals surface area contributed by atoms with E-state index in [2.05, 4.69) is 58.9 Å². The van der Waals surface area contributed by atoms with Gasteiger partial charge in [0.05, 0.1) is 5.66 Å². The predicted octanol–water partition coefficient (Wildman–Crippen LogP) is 8.40. The molecular formula is C24H43O3P. The Morgan fingerprint density at radius 3 is 1.54 bits per heavy atom. The van der Waals surface area contributed by atoms with Crippen molar-refractivity contribution < 1.29 is 13.6 Å². The van der Waals surface area contributed by atoms with E-state index in [-0.39, 0.29) is 5.66 Å². The lowest BCUT2D eigenvalue weighted by Crippen LogP contribution is -2.05. The maximum absolute atomic E-state index is 12.3. The van der Waals surface area contributed by atoms with E-state index in [0.717, 1.165) is 38.5 Å². The quantitative estimate of drug-likeness (QED) is 0.213. The Balaban J connectivity index is 4.26. The van der Waals surface area contributed by atoms with Gasteiger partial charge in [-0.3, -0.25) is 4.57 Å². The molecule has 0 aromatic rings. The zero-order valence-corrected chi connectivity index (χ0v) is 20.4. The van der Waals surface area contributed by atoms with Crippen molar-refractivity contribution >= 4 is 7.60 Å². The lowest BCUT2D eigenvalue weighted by Gasteiger charge is -2.19. The Bertz CT molecular complexity index is 599. The summed E-state index contributed by atoms with van der Waals surface area (Å²) >= 11 is 0. The lowest BCUT2D eigenvalue weighted by molar-refractivity contribution is 0.267. The molecule has 4 heteroatoms. The van der Waals surface area contributed by atoms with Crippen LogP contribution in [0.5, 0.6) is 0 Å². The molecule has 0 saturated heterocycles. The molecular weight excluding hydrogens is 367 g/mol. The molecule has 0 bridgehead atoms. The van der Waals surface area contributed by atoms with Gasteiger partial charge in [0.15, 0.2) is 0 Å². The molecule has 0 saturated carbocycles. The minimum atomic E-state index is -2.97. The van der Waals surface area contributed by atoms with Crippen LogP contribution in [0.15, 0.2) is 46.6 Å². The molecule has 0 aromatic carbocycles. The molecule has 0 aromatic heterocycles. The SMILES string of the molecule is COP(=O)(OC)C(C)C/C=C(\C)CC/C=C(\C)CC/C=C(\C)CCC=C(C)C. The summed E-state index contributed by atoms with van der Waals surface area (Å²) in [5.74, 6) is 0. The van der Waals surface area contributed by atoms with Crippen molar-refractivity contribution in [2.45, 2.75) is 92.1 Å². The largest absolute Gasteiger partial charge is 0.333 e. The fourth-order valence-electron chi connectivity index (χ4n) is 2.92. The summed E-state index contributed by atoms with van der Waals surface area (Å²) in [6, 6.07) is 0. The van der Waals surface area contributed by atoms with Gasteiger partial charge in [-0.1, -0.05) is 53.5 Å². The van der Waals surface area contributed by atoms with Crippen LogP contribution in [0, 0.1) is 0 Å². The fraction of sp³-hybridized carbons (Fsp3) is 0.667. The van der Waals surface area contributed by atoms with E-state index in [1.807, 2.05) is 6.92 Å². The van der Waals surface area contributed by atoms with Gasteiger partial charge in [-0.25, -0.2) is 0 Å². The van der Waals surface area contributed by atoms with Crippen molar-refractivity contribution in [3.05, 3.63) is 46.6 Å². The molecule has 162 valence electrons. The summed E-state index contributed by atoms with van der Waals surface area (Å²) in [5, 5.41) is 0. The molecule has 0 aliphatic rings. The first kappa shape index (κ1) is 27.1. The van der Waals surface area contributed by atoms with Crippen LogP contribution < -0.4 is 0 Å². The van der Waals surface area contributed by atoms with Gasteiger partial charge in [0.2, 0.25) is 0 Å². The van der Waals surface area contributed by atoms with Crippen molar-refractivity contribution in [1.82, 2.24) is 0 Å². The summed E-state index contributed by atoms with van der Waals surface area (Å²) in [7, 11) is -0.0699. The molecule has 28 heavy (non-hydrogen) atoms. The summed E-state index contributed by atoms with van der Waals surface area (Å²) in [6.45, 7) is 12.8. The summed E-state index contributed by atoms with van der Waals surface area (Å²) in [5.41, 5.74) is 5.54. The molecule has 0 N–H and O–H groups in total. The molecule has 1 atom stereocenters. The second-order valence-electron chi connectivity index (χ2n) is 8.04. The summed E-state index contributed by atoms with van der Waals surface area (Å²) < 4.78 is 22.4. The van der Waals surface area contributed by atoms with Gasteiger partial charge in [0.25, 0.3) is 0 Å². The number of hydrogen-bond acceptors (Lipinski definition) is 3. The first-order valence-electron chi connectivity index (χ1n) is 10.5. The normalized spacial score (nSPS) is 14.9. The highest BCUT2D eigenvalue weighted by atomic mass is 31.2. The van der Waals surface area contributed by atoms with Crippen molar-refractivity contribution in [3.8, 4) is 0 Å². The Hall–Kier alpha value is -0.890. The van der Waals surface area contributed by atoms with Crippen molar-refractivity contribution in [2.24, 2.45) is 0 Å². The van der Waals surface area contributed by atoms with E-state index in [9.17, 15) is 4.57 Å². The minimum absolute atomic E-state index is 0.124. The first-order valence-corrected chi connectivity index (χ1v) is 12.1. The van der Waals surface area contributed by atoms with Gasteiger partial charge < -0.3 is 9.05 Å². The van der Waals surface area contributed by atoms with Crippen LogP contribution in [0.25, 0.3) is 0 Å². The molecule has 0 spiro atoms. The maximum Gasteiger partial charge on any atom is 0.333 e. The molecule has 0 radical (unpaired) electrons. The van der Waals surface area contributed by atoms with E-state index in [0.29, 0.717) is 6.42 Å². The zero-order chi connectivity index (χ0) is 21.6. The van der Waals surface area contributed by atoms with E-state index in [1.54, 1.807) is 0 Å². The van der Waals surface area contributed by atoms with Gasteiger partial charge in [0.1, 0.15) is 0 Å². The average molecular weight is 411 g/mol.